The van der Waals surface area contributed by atoms with E-state index in [-0.39, 0.29) is 18.4 Å². The largest absolute Gasteiger partial charge is 0.461 e. The second-order valence-electron chi connectivity index (χ2n) is 4.03. The van der Waals surface area contributed by atoms with Crippen molar-refractivity contribution < 1.29 is 13.9 Å². The lowest BCUT2D eigenvalue weighted by atomic mass is 10.2. The Bertz CT molecular complexity index is 555. The van der Waals surface area contributed by atoms with Gasteiger partial charge in [0.1, 0.15) is 12.4 Å². The molecule has 0 radical (unpaired) electrons. The number of benzene rings is 1. The van der Waals surface area contributed by atoms with Gasteiger partial charge in [0.15, 0.2) is 0 Å². The number of ether oxygens (including phenoxy) is 1. The summed E-state index contributed by atoms with van der Waals surface area (Å²) in [6.07, 6.45) is 1.04. The van der Waals surface area contributed by atoms with Gasteiger partial charge in [0, 0.05) is 16.5 Å². The van der Waals surface area contributed by atoms with Crippen LogP contribution in [0.15, 0.2) is 39.5 Å². The van der Waals surface area contributed by atoms with Crippen LogP contribution >= 0.6 is 27.3 Å². The zero-order valence-electron chi connectivity index (χ0n) is 10.1. The topological polar surface area (TPSA) is 26.3 Å². The third-order valence-electron chi connectivity index (χ3n) is 2.60. The number of halogens is 2. The van der Waals surface area contributed by atoms with E-state index in [2.05, 4.69) is 15.9 Å². The van der Waals surface area contributed by atoms with Crippen molar-refractivity contribution in [3.63, 3.8) is 0 Å². The average Bonchev–Trinajstić information content (AvgIpc) is 2.88. The Morgan fingerprint density at radius 3 is 2.89 bits per heavy atom. The molecule has 2 aromatic rings. The number of carbonyl (C=O) groups excluding carboxylic acids is 1. The summed E-state index contributed by atoms with van der Waals surface area (Å²) in [5.74, 6) is -0.568. The molecule has 0 fully saturated rings. The van der Waals surface area contributed by atoms with E-state index in [1.54, 1.807) is 17.4 Å². The smallest absolute Gasteiger partial charge is 0.306 e. The molecule has 0 aliphatic heterocycles. The fourth-order valence-electron chi connectivity index (χ4n) is 1.55. The molecule has 1 aromatic carbocycles. The molecule has 0 spiro atoms. The molecule has 0 atom stereocenters. The van der Waals surface area contributed by atoms with Crippen LogP contribution in [-0.2, 0) is 22.6 Å². The van der Waals surface area contributed by atoms with Crippen LogP contribution < -0.4 is 0 Å². The Morgan fingerprint density at radius 1 is 1.37 bits per heavy atom. The molecule has 5 heteroatoms. The van der Waals surface area contributed by atoms with Crippen LogP contribution in [0.4, 0.5) is 4.39 Å². The maximum Gasteiger partial charge on any atom is 0.306 e. The fourth-order valence-corrected chi connectivity index (χ4v) is 2.72. The van der Waals surface area contributed by atoms with E-state index in [1.165, 1.54) is 12.1 Å². The van der Waals surface area contributed by atoms with Crippen LogP contribution in [0.2, 0.25) is 0 Å². The number of hydrogen-bond donors (Lipinski definition) is 0. The highest BCUT2D eigenvalue weighted by atomic mass is 79.9. The minimum absolute atomic E-state index is 0.156. The van der Waals surface area contributed by atoms with Crippen LogP contribution in [0.1, 0.15) is 17.5 Å². The monoisotopic (exact) mass is 342 g/mol. The highest BCUT2D eigenvalue weighted by molar-refractivity contribution is 9.10. The normalized spacial score (nSPS) is 10.4. The molecule has 0 unspecified atom stereocenters. The molecular weight excluding hydrogens is 331 g/mol. The zero-order chi connectivity index (χ0) is 13.7. The first kappa shape index (κ1) is 14.2. The lowest BCUT2D eigenvalue weighted by Gasteiger charge is -2.06. The molecule has 2 nitrogen and oxygen atoms in total. The van der Waals surface area contributed by atoms with Gasteiger partial charge < -0.3 is 4.74 Å². The summed E-state index contributed by atoms with van der Waals surface area (Å²) in [6.45, 7) is 0.156. The Morgan fingerprint density at radius 2 is 2.21 bits per heavy atom. The highest BCUT2D eigenvalue weighted by Gasteiger charge is 2.07. The van der Waals surface area contributed by atoms with E-state index in [0.717, 1.165) is 11.1 Å². The molecule has 0 saturated carbocycles. The first-order valence-electron chi connectivity index (χ1n) is 5.76. The van der Waals surface area contributed by atoms with Gasteiger partial charge in [-0.15, -0.1) is 0 Å². The summed E-state index contributed by atoms with van der Waals surface area (Å²) >= 11 is 4.85. The van der Waals surface area contributed by atoms with Crippen LogP contribution in [0.3, 0.4) is 0 Å². The summed E-state index contributed by atoms with van der Waals surface area (Å²) < 4.78 is 18.7. The molecular formula is C14H12BrFO2S. The summed E-state index contributed by atoms with van der Waals surface area (Å²) in [4.78, 5) is 11.6. The predicted molar refractivity (Wildman–Crippen MR) is 76.5 cm³/mol. The summed E-state index contributed by atoms with van der Waals surface area (Å²) in [5, 5.41) is 4.00. The van der Waals surface area contributed by atoms with E-state index in [9.17, 15) is 9.18 Å². The number of hydrogen-bond acceptors (Lipinski definition) is 3. The van der Waals surface area contributed by atoms with E-state index < -0.39 is 0 Å². The van der Waals surface area contributed by atoms with Crippen molar-refractivity contribution in [1.82, 2.24) is 0 Å². The standard InChI is InChI=1S/C14H12BrFO2S/c15-13-7-12(16)3-2-11(13)8-18-14(17)4-1-10-5-6-19-9-10/h2-3,5-7,9H,1,4,8H2. The minimum Gasteiger partial charge on any atom is -0.461 e. The predicted octanol–water partition coefficient (Wildman–Crippen LogP) is 4.33. The van der Waals surface area contributed by atoms with Gasteiger partial charge >= 0.3 is 5.97 Å². The first-order chi connectivity index (χ1) is 9.15. The van der Waals surface area contributed by atoms with E-state index in [1.807, 2.05) is 16.8 Å². The van der Waals surface area contributed by atoms with Crippen molar-refractivity contribution in [2.45, 2.75) is 19.4 Å². The fraction of sp³-hybridized carbons (Fsp3) is 0.214. The molecule has 0 aliphatic carbocycles. The van der Waals surface area contributed by atoms with Gasteiger partial charge in [0.2, 0.25) is 0 Å². The molecule has 100 valence electrons. The minimum atomic E-state index is -0.320. The van der Waals surface area contributed by atoms with Crippen molar-refractivity contribution in [2.75, 3.05) is 0 Å². The van der Waals surface area contributed by atoms with E-state index >= 15 is 0 Å². The summed E-state index contributed by atoms with van der Waals surface area (Å²) in [5.41, 5.74) is 1.90. The van der Waals surface area contributed by atoms with Crippen molar-refractivity contribution in [3.05, 3.63) is 56.4 Å². The van der Waals surface area contributed by atoms with E-state index in [0.29, 0.717) is 17.3 Å². The molecule has 19 heavy (non-hydrogen) atoms. The second kappa shape index (κ2) is 6.82. The Kier molecular flexibility index (Phi) is 5.10. The molecule has 2 rings (SSSR count). The Hall–Kier alpha value is -1.20. The maximum atomic E-state index is 12.9. The van der Waals surface area contributed by atoms with Gasteiger partial charge in [-0.05, 0) is 40.9 Å². The Labute approximate surface area is 123 Å². The quantitative estimate of drug-likeness (QED) is 0.756. The second-order valence-corrected chi connectivity index (χ2v) is 5.66. The van der Waals surface area contributed by atoms with Crippen molar-refractivity contribution in [2.24, 2.45) is 0 Å². The van der Waals surface area contributed by atoms with Gasteiger partial charge in [-0.2, -0.15) is 11.3 Å². The van der Waals surface area contributed by atoms with Crippen molar-refractivity contribution in [3.8, 4) is 0 Å². The van der Waals surface area contributed by atoms with E-state index in [4.69, 9.17) is 4.74 Å². The Balaban J connectivity index is 1.80. The zero-order valence-corrected chi connectivity index (χ0v) is 12.5. The molecule has 1 aromatic heterocycles. The summed E-state index contributed by atoms with van der Waals surface area (Å²) in [7, 11) is 0. The van der Waals surface area contributed by atoms with Crippen LogP contribution in [0.5, 0.6) is 0 Å². The maximum absolute atomic E-state index is 12.9. The number of esters is 1. The average molecular weight is 343 g/mol. The van der Waals surface area contributed by atoms with Gasteiger partial charge in [0.05, 0.1) is 0 Å². The van der Waals surface area contributed by atoms with Crippen LogP contribution in [-0.4, -0.2) is 5.97 Å². The van der Waals surface area contributed by atoms with Gasteiger partial charge in [-0.3, -0.25) is 4.79 Å². The molecule has 0 saturated heterocycles. The van der Waals surface area contributed by atoms with Crippen LogP contribution in [0.25, 0.3) is 0 Å². The molecule has 0 aliphatic rings. The first-order valence-corrected chi connectivity index (χ1v) is 7.49. The number of thiophene rings is 1. The van der Waals surface area contributed by atoms with Crippen molar-refractivity contribution >= 4 is 33.2 Å². The van der Waals surface area contributed by atoms with Gasteiger partial charge in [-0.25, -0.2) is 4.39 Å². The number of aryl methyl sites for hydroxylation is 1. The molecule has 1 heterocycles. The van der Waals surface area contributed by atoms with Crippen molar-refractivity contribution in [1.29, 1.82) is 0 Å². The lowest BCUT2D eigenvalue weighted by Crippen LogP contribution is -2.06. The van der Waals surface area contributed by atoms with Gasteiger partial charge in [0.25, 0.3) is 0 Å². The molecule has 0 bridgehead atoms. The lowest BCUT2D eigenvalue weighted by molar-refractivity contribution is -0.144. The number of rotatable bonds is 5. The number of carbonyl (C=O) groups is 1. The van der Waals surface area contributed by atoms with Gasteiger partial charge in [-0.1, -0.05) is 22.0 Å². The molecule has 0 amide bonds. The third kappa shape index (κ3) is 4.44. The molecule has 0 N–H and O–H groups in total. The SMILES string of the molecule is O=C(CCc1ccsc1)OCc1ccc(F)cc1Br. The highest BCUT2D eigenvalue weighted by Crippen LogP contribution is 2.19. The van der Waals surface area contributed by atoms with Crippen LogP contribution in [0, 0.1) is 5.82 Å². The third-order valence-corrected chi connectivity index (χ3v) is 4.07. The summed E-state index contributed by atoms with van der Waals surface area (Å²) in [6, 6.07) is 6.30.